The predicted molar refractivity (Wildman–Crippen MR) is 126 cm³/mol. The third-order valence-electron chi connectivity index (χ3n) is 6.52. The minimum Gasteiger partial charge on any atom is -0.481 e. The lowest BCUT2D eigenvalue weighted by atomic mass is 9.94. The van der Waals surface area contributed by atoms with Crippen LogP contribution in [-0.2, 0) is 25.8 Å². The average molecular weight is 502 g/mol. The molecule has 12 heteroatoms. The Morgan fingerprint density at radius 3 is 2.58 bits per heavy atom. The molecular formula is C24H31N5O7. The van der Waals surface area contributed by atoms with Crippen molar-refractivity contribution in [3.05, 3.63) is 36.0 Å². The van der Waals surface area contributed by atoms with Gasteiger partial charge in [-0.1, -0.05) is 23.8 Å². The minimum atomic E-state index is -1.70. The Morgan fingerprint density at radius 1 is 1.25 bits per heavy atom. The van der Waals surface area contributed by atoms with E-state index >= 15 is 0 Å². The Balaban J connectivity index is 1.40. The molecule has 1 amide bonds. The summed E-state index contributed by atoms with van der Waals surface area (Å²) in [6, 6.07) is 7.01. The smallest absolute Gasteiger partial charge is 0.324 e. The SMILES string of the molecule is CCn1cc(-c2ccc(C(=O)NCCCCC(CC3C(=O)C3(O)CCC(=O)ON)C(=O)O)cc2)nn1. The lowest BCUT2D eigenvalue weighted by Gasteiger charge is -2.13. The lowest BCUT2D eigenvalue weighted by Crippen LogP contribution is -2.25. The van der Waals surface area contributed by atoms with Crippen LogP contribution in [0.1, 0.15) is 55.8 Å². The first-order valence-corrected chi connectivity index (χ1v) is 11.9. The summed E-state index contributed by atoms with van der Waals surface area (Å²) in [5, 5.41) is 30.8. The van der Waals surface area contributed by atoms with Crippen LogP contribution in [0.2, 0.25) is 0 Å². The summed E-state index contributed by atoms with van der Waals surface area (Å²) in [5.41, 5.74) is 0.375. The molecule has 0 bridgehead atoms. The van der Waals surface area contributed by atoms with Gasteiger partial charge in [0.2, 0.25) is 0 Å². The molecule has 194 valence electrons. The molecule has 0 aliphatic heterocycles. The van der Waals surface area contributed by atoms with E-state index in [-0.39, 0.29) is 25.2 Å². The van der Waals surface area contributed by atoms with Crippen LogP contribution in [0.15, 0.2) is 30.5 Å². The number of hydrogen-bond donors (Lipinski definition) is 4. The molecule has 1 aromatic carbocycles. The molecule has 12 nitrogen and oxygen atoms in total. The molecule has 1 aromatic heterocycles. The summed E-state index contributed by atoms with van der Waals surface area (Å²) in [7, 11) is 0. The number of nitrogens with two attached hydrogens (primary N) is 1. The summed E-state index contributed by atoms with van der Waals surface area (Å²) >= 11 is 0. The Bertz CT molecular complexity index is 1100. The molecule has 1 fully saturated rings. The van der Waals surface area contributed by atoms with Crippen LogP contribution in [0.4, 0.5) is 0 Å². The van der Waals surface area contributed by atoms with E-state index in [1.54, 1.807) is 28.9 Å². The van der Waals surface area contributed by atoms with Crippen LogP contribution >= 0.6 is 0 Å². The second-order valence-corrected chi connectivity index (χ2v) is 8.89. The normalized spacial score (nSPS) is 19.5. The number of aliphatic carboxylic acids is 1. The highest BCUT2D eigenvalue weighted by molar-refractivity contribution is 6.07. The van der Waals surface area contributed by atoms with E-state index in [0.29, 0.717) is 31.4 Å². The molecule has 0 spiro atoms. The Morgan fingerprint density at radius 2 is 1.97 bits per heavy atom. The summed E-state index contributed by atoms with van der Waals surface area (Å²) in [5.74, 6) is 0.601. The van der Waals surface area contributed by atoms with Gasteiger partial charge in [0, 0.05) is 24.2 Å². The van der Waals surface area contributed by atoms with Crippen LogP contribution in [0, 0.1) is 11.8 Å². The van der Waals surface area contributed by atoms with E-state index in [4.69, 9.17) is 5.90 Å². The Labute approximate surface area is 207 Å². The van der Waals surface area contributed by atoms with Gasteiger partial charge in [-0.25, -0.2) is 0 Å². The van der Waals surface area contributed by atoms with Crippen LogP contribution in [0.25, 0.3) is 11.3 Å². The van der Waals surface area contributed by atoms with E-state index in [1.807, 2.05) is 13.1 Å². The first-order chi connectivity index (χ1) is 17.2. The summed E-state index contributed by atoms with van der Waals surface area (Å²) in [6.07, 6.45) is 2.81. The molecule has 0 radical (unpaired) electrons. The number of ketones is 1. The zero-order valence-electron chi connectivity index (χ0n) is 20.1. The molecule has 1 heterocycles. The zero-order chi connectivity index (χ0) is 26.3. The van der Waals surface area contributed by atoms with Gasteiger partial charge in [-0.05, 0) is 44.7 Å². The van der Waals surface area contributed by atoms with Gasteiger partial charge in [0.1, 0.15) is 11.3 Å². The van der Waals surface area contributed by atoms with Crippen molar-refractivity contribution in [1.82, 2.24) is 20.3 Å². The number of benzene rings is 1. The maximum Gasteiger partial charge on any atom is 0.324 e. The van der Waals surface area contributed by atoms with Gasteiger partial charge >= 0.3 is 11.9 Å². The highest BCUT2D eigenvalue weighted by atomic mass is 16.7. The van der Waals surface area contributed by atoms with Crippen LogP contribution < -0.4 is 11.2 Å². The molecule has 36 heavy (non-hydrogen) atoms. The quantitative estimate of drug-likeness (QED) is 0.215. The van der Waals surface area contributed by atoms with Gasteiger partial charge in [0.05, 0.1) is 24.5 Å². The van der Waals surface area contributed by atoms with E-state index in [0.717, 1.165) is 17.8 Å². The number of aryl methyl sites for hydroxylation is 1. The van der Waals surface area contributed by atoms with Gasteiger partial charge in [0.25, 0.3) is 5.91 Å². The number of aliphatic hydroxyl groups is 1. The fourth-order valence-electron chi connectivity index (χ4n) is 4.17. The molecule has 2 aromatic rings. The van der Waals surface area contributed by atoms with Crippen LogP contribution in [-0.4, -0.2) is 61.0 Å². The number of hydrogen-bond acceptors (Lipinski definition) is 9. The van der Waals surface area contributed by atoms with Crippen molar-refractivity contribution in [2.24, 2.45) is 17.7 Å². The molecule has 5 N–H and O–H groups in total. The molecule has 3 unspecified atom stereocenters. The van der Waals surface area contributed by atoms with Gasteiger partial charge in [-0.2, -0.15) is 5.90 Å². The maximum atomic E-state index is 12.4. The first kappa shape index (κ1) is 27.0. The third-order valence-corrected chi connectivity index (χ3v) is 6.52. The van der Waals surface area contributed by atoms with Crippen molar-refractivity contribution in [3.63, 3.8) is 0 Å². The molecule has 1 aliphatic carbocycles. The number of carbonyl (C=O) groups excluding carboxylic acids is 3. The number of nitrogens with zero attached hydrogens (tertiary/aromatic N) is 3. The number of aromatic nitrogens is 3. The van der Waals surface area contributed by atoms with Crippen molar-refractivity contribution < 1.29 is 34.2 Å². The fraction of sp³-hybridized carbons (Fsp3) is 0.500. The number of carboxylic acid groups (broad SMARTS) is 1. The van der Waals surface area contributed by atoms with Crippen molar-refractivity contribution in [2.75, 3.05) is 6.54 Å². The number of rotatable bonds is 14. The van der Waals surface area contributed by atoms with Crippen molar-refractivity contribution in [2.45, 2.75) is 57.6 Å². The third kappa shape index (κ3) is 6.52. The lowest BCUT2D eigenvalue weighted by molar-refractivity contribution is -0.145. The first-order valence-electron chi connectivity index (χ1n) is 11.9. The van der Waals surface area contributed by atoms with E-state index in [1.165, 1.54) is 0 Å². The molecular weight excluding hydrogens is 470 g/mol. The minimum absolute atomic E-state index is 0.00688. The van der Waals surface area contributed by atoms with Gasteiger partial charge < -0.3 is 20.4 Å². The summed E-state index contributed by atoms with van der Waals surface area (Å²) < 4.78 is 1.72. The van der Waals surface area contributed by atoms with Crippen LogP contribution in [0.3, 0.4) is 0 Å². The predicted octanol–water partition coefficient (Wildman–Crippen LogP) is 1.08. The monoisotopic (exact) mass is 501 g/mol. The van der Waals surface area contributed by atoms with Crippen LogP contribution in [0.5, 0.6) is 0 Å². The van der Waals surface area contributed by atoms with E-state index in [9.17, 15) is 29.4 Å². The fourth-order valence-corrected chi connectivity index (χ4v) is 4.17. The van der Waals surface area contributed by atoms with Gasteiger partial charge in [-0.15, -0.1) is 5.10 Å². The van der Waals surface area contributed by atoms with Gasteiger partial charge in [-0.3, -0.25) is 23.9 Å². The summed E-state index contributed by atoms with van der Waals surface area (Å²) in [4.78, 5) is 51.2. The van der Waals surface area contributed by atoms with Crippen molar-refractivity contribution >= 4 is 23.6 Å². The molecule has 1 saturated carbocycles. The highest BCUT2D eigenvalue weighted by Gasteiger charge is 2.64. The summed E-state index contributed by atoms with van der Waals surface area (Å²) in [6.45, 7) is 3.05. The number of Topliss-reactive ketones (excluding diaryl/α,β-unsaturated/α-hetero) is 1. The second kappa shape index (κ2) is 11.9. The molecule has 1 aliphatic rings. The van der Waals surface area contributed by atoms with Gasteiger partial charge in [0.15, 0.2) is 5.78 Å². The number of nitrogens with one attached hydrogen (secondary N) is 1. The highest BCUT2D eigenvalue weighted by Crippen LogP contribution is 2.47. The number of carbonyl (C=O) groups is 4. The molecule has 3 atom stereocenters. The van der Waals surface area contributed by atoms with Crippen molar-refractivity contribution in [1.29, 1.82) is 0 Å². The largest absolute Gasteiger partial charge is 0.481 e. The zero-order valence-corrected chi connectivity index (χ0v) is 20.1. The standard InChI is InChI=1S/C24H31N5O7/c1-2-29-14-19(27-28-29)15-6-8-16(9-7-15)22(32)26-12-4-3-5-17(23(33)34)13-18-21(31)24(18,35)11-10-20(30)36-25/h6-9,14,17-18,35H,2-5,10-13,25H2,1H3,(H,26,32)(H,33,34). The van der Waals surface area contributed by atoms with E-state index in [2.05, 4.69) is 20.5 Å². The number of unbranched alkanes of at least 4 members (excludes halogenated alkanes) is 1. The average Bonchev–Trinajstić information content (AvgIpc) is 3.19. The molecule has 0 saturated heterocycles. The maximum absolute atomic E-state index is 12.4. The topological polar surface area (TPSA) is 187 Å². The van der Waals surface area contributed by atoms with Crippen molar-refractivity contribution in [3.8, 4) is 11.3 Å². The Kier molecular flexibility index (Phi) is 8.88. The number of carboxylic acids is 1. The second-order valence-electron chi connectivity index (χ2n) is 8.89. The van der Waals surface area contributed by atoms with E-state index < -0.39 is 35.2 Å². The molecule has 3 rings (SSSR count). The Hall–Kier alpha value is -3.64. The number of amides is 1.